The van der Waals surface area contributed by atoms with Gasteiger partial charge in [-0.15, -0.1) is 0 Å². The van der Waals surface area contributed by atoms with Gasteiger partial charge in [-0.1, -0.05) is 45.1 Å². The Bertz CT molecular complexity index is 772. The Morgan fingerprint density at radius 2 is 1.92 bits per heavy atom. The smallest absolute Gasteiger partial charge is 0.306 e. The predicted octanol–water partition coefficient (Wildman–Crippen LogP) is 4.93. The number of rotatable bonds is 0. The summed E-state index contributed by atoms with van der Waals surface area (Å²) in [7, 11) is 0. The second kappa shape index (κ2) is 5.43. The van der Waals surface area contributed by atoms with Crippen LogP contribution in [-0.2, 0) is 14.3 Å². The second-order valence-corrected chi connectivity index (χ2v) is 9.18. The first-order chi connectivity index (χ1) is 11.9. The quantitative estimate of drug-likeness (QED) is 0.458. The molecule has 0 aromatic carbocycles. The highest BCUT2D eigenvalue weighted by Gasteiger charge is 2.64. The standard InChI is InChI=1S/C22H26O3.CH4/c1-20-9-5-15(23)13-14(20)3-4-16-17(20)6-10-21(2)18(16)7-11-22(21)12-8-19(24)25-22;/h3-4,6,13,16,18H,5,7-12H2,1-2H3;1H4/t16?,18?,20-,21-,22+;/m0./s1. The number of carbonyl (C=O) groups excluding carboxylic acids is 2. The van der Waals surface area contributed by atoms with Gasteiger partial charge in [0.1, 0.15) is 5.60 Å². The molecular weight excluding hydrogens is 324 g/mol. The summed E-state index contributed by atoms with van der Waals surface area (Å²) in [5.74, 6) is 1.20. The molecule has 3 heteroatoms. The first-order valence-corrected chi connectivity index (χ1v) is 9.74. The molecule has 4 aliphatic carbocycles. The zero-order valence-corrected chi connectivity index (χ0v) is 15.1. The molecule has 5 aliphatic rings. The van der Waals surface area contributed by atoms with Crippen LogP contribution in [0.25, 0.3) is 0 Å². The van der Waals surface area contributed by atoms with E-state index in [2.05, 4.69) is 32.1 Å². The Morgan fingerprint density at radius 3 is 2.65 bits per heavy atom. The number of carbonyl (C=O) groups is 2. The molecule has 5 atom stereocenters. The third kappa shape index (κ3) is 2.00. The number of fused-ring (bicyclic) bond motifs is 6. The van der Waals surface area contributed by atoms with E-state index in [0.29, 0.717) is 24.7 Å². The lowest BCUT2D eigenvalue weighted by molar-refractivity contribution is -0.159. The van der Waals surface area contributed by atoms with Gasteiger partial charge in [-0.25, -0.2) is 0 Å². The molecule has 26 heavy (non-hydrogen) atoms. The summed E-state index contributed by atoms with van der Waals surface area (Å²) in [4.78, 5) is 23.8. The molecule has 0 N–H and O–H groups in total. The van der Waals surface area contributed by atoms with Gasteiger partial charge in [0.2, 0.25) is 0 Å². The van der Waals surface area contributed by atoms with Crippen molar-refractivity contribution in [2.75, 3.05) is 0 Å². The van der Waals surface area contributed by atoms with Gasteiger partial charge >= 0.3 is 5.97 Å². The molecule has 140 valence electrons. The predicted molar refractivity (Wildman–Crippen MR) is 101 cm³/mol. The molecular formula is C23H30O3. The number of hydrogen-bond acceptors (Lipinski definition) is 3. The van der Waals surface area contributed by atoms with E-state index in [1.807, 2.05) is 6.08 Å². The van der Waals surface area contributed by atoms with Gasteiger partial charge in [0.25, 0.3) is 0 Å². The van der Waals surface area contributed by atoms with E-state index in [-0.39, 0.29) is 35.6 Å². The molecule has 0 aromatic rings. The summed E-state index contributed by atoms with van der Waals surface area (Å²) in [6, 6.07) is 0. The highest BCUT2D eigenvalue weighted by molar-refractivity contribution is 5.92. The fourth-order valence-corrected chi connectivity index (χ4v) is 6.62. The maximum absolute atomic E-state index is 11.9. The van der Waals surface area contributed by atoms with E-state index in [0.717, 1.165) is 32.1 Å². The van der Waals surface area contributed by atoms with E-state index >= 15 is 0 Å². The van der Waals surface area contributed by atoms with Crippen molar-refractivity contribution in [3.63, 3.8) is 0 Å². The normalized spacial score (nSPS) is 45.9. The second-order valence-electron chi connectivity index (χ2n) is 9.18. The van der Waals surface area contributed by atoms with Crippen LogP contribution in [0.1, 0.15) is 66.2 Å². The van der Waals surface area contributed by atoms with Crippen molar-refractivity contribution in [2.24, 2.45) is 22.7 Å². The van der Waals surface area contributed by atoms with Crippen LogP contribution in [0, 0.1) is 22.7 Å². The highest BCUT2D eigenvalue weighted by Crippen LogP contribution is 2.66. The van der Waals surface area contributed by atoms with Gasteiger partial charge in [-0.3, -0.25) is 9.59 Å². The van der Waals surface area contributed by atoms with E-state index in [4.69, 9.17) is 4.74 Å². The first kappa shape index (κ1) is 17.8. The Labute approximate surface area is 156 Å². The van der Waals surface area contributed by atoms with Crippen LogP contribution in [-0.4, -0.2) is 17.4 Å². The van der Waals surface area contributed by atoms with Crippen molar-refractivity contribution in [1.29, 1.82) is 0 Å². The van der Waals surface area contributed by atoms with E-state index in [9.17, 15) is 9.59 Å². The molecule has 0 bridgehead atoms. The monoisotopic (exact) mass is 354 g/mol. The van der Waals surface area contributed by atoms with Crippen molar-refractivity contribution in [3.05, 3.63) is 35.5 Å². The van der Waals surface area contributed by atoms with Crippen LogP contribution in [0.15, 0.2) is 35.5 Å². The Balaban J connectivity index is 0.00000168. The average molecular weight is 354 g/mol. The number of ether oxygens (including phenoxy) is 1. The van der Waals surface area contributed by atoms with Gasteiger partial charge in [-0.05, 0) is 49.7 Å². The average Bonchev–Trinajstić information content (AvgIpc) is 3.10. The zero-order chi connectivity index (χ0) is 17.4. The molecule has 5 rings (SSSR count). The lowest BCUT2D eigenvalue weighted by atomic mass is 9.52. The fourth-order valence-electron chi connectivity index (χ4n) is 6.62. The number of hydrogen-bond donors (Lipinski definition) is 0. The molecule has 0 amide bonds. The van der Waals surface area contributed by atoms with Crippen LogP contribution in [0.3, 0.4) is 0 Å². The Morgan fingerprint density at radius 1 is 1.12 bits per heavy atom. The summed E-state index contributed by atoms with van der Waals surface area (Å²) in [5, 5.41) is 0. The van der Waals surface area contributed by atoms with Crippen molar-refractivity contribution in [1.82, 2.24) is 0 Å². The third-order valence-corrected chi connectivity index (χ3v) is 8.24. The minimum Gasteiger partial charge on any atom is -0.458 e. The van der Waals surface area contributed by atoms with Gasteiger partial charge in [0, 0.05) is 29.6 Å². The molecule has 1 aliphatic heterocycles. The summed E-state index contributed by atoms with van der Waals surface area (Å²) in [5.41, 5.74) is 2.51. The van der Waals surface area contributed by atoms with E-state index in [1.54, 1.807) is 0 Å². The van der Waals surface area contributed by atoms with Crippen LogP contribution < -0.4 is 0 Å². The lowest BCUT2D eigenvalue weighted by Crippen LogP contribution is -2.50. The zero-order valence-electron chi connectivity index (χ0n) is 15.1. The number of ketones is 1. The molecule has 0 aromatic heterocycles. The van der Waals surface area contributed by atoms with E-state index < -0.39 is 0 Å². The summed E-state index contributed by atoms with van der Waals surface area (Å²) in [6.45, 7) is 4.67. The molecule has 1 heterocycles. The maximum Gasteiger partial charge on any atom is 0.306 e. The third-order valence-electron chi connectivity index (χ3n) is 8.24. The first-order valence-electron chi connectivity index (χ1n) is 9.74. The van der Waals surface area contributed by atoms with Crippen LogP contribution in [0.2, 0.25) is 0 Å². The molecule has 2 fully saturated rings. The topological polar surface area (TPSA) is 43.4 Å². The van der Waals surface area contributed by atoms with Crippen LogP contribution in [0.5, 0.6) is 0 Å². The summed E-state index contributed by atoms with van der Waals surface area (Å²) >= 11 is 0. The SMILES string of the molecule is C.C[C@]12CCC(=O)C=C1C=CC1C2=CC[C@@]2(C)C1CC[C@@]21CCC(=O)O1. The number of allylic oxidation sites excluding steroid dienone is 6. The maximum atomic E-state index is 11.9. The Hall–Kier alpha value is -1.64. The Kier molecular flexibility index (Phi) is 3.71. The molecule has 1 saturated carbocycles. The van der Waals surface area contributed by atoms with Crippen molar-refractivity contribution >= 4 is 11.8 Å². The molecule has 1 spiro atoms. The highest BCUT2D eigenvalue weighted by atomic mass is 16.6. The van der Waals surface area contributed by atoms with Gasteiger partial charge in [0.15, 0.2) is 5.78 Å². The van der Waals surface area contributed by atoms with Gasteiger partial charge in [-0.2, -0.15) is 0 Å². The van der Waals surface area contributed by atoms with Crippen LogP contribution >= 0.6 is 0 Å². The largest absolute Gasteiger partial charge is 0.458 e. The molecule has 3 nitrogen and oxygen atoms in total. The number of esters is 1. The van der Waals surface area contributed by atoms with Gasteiger partial charge in [0.05, 0.1) is 0 Å². The molecule has 2 unspecified atom stereocenters. The van der Waals surface area contributed by atoms with Gasteiger partial charge < -0.3 is 4.74 Å². The van der Waals surface area contributed by atoms with Crippen molar-refractivity contribution in [2.45, 2.75) is 71.8 Å². The summed E-state index contributed by atoms with van der Waals surface area (Å²) in [6.07, 6.45) is 15.0. The van der Waals surface area contributed by atoms with Crippen molar-refractivity contribution in [3.8, 4) is 0 Å². The minimum absolute atomic E-state index is 0. The fraction of sp³-hybridized carbons (Fsp3) is 0.652. The van der Waals surface area contributed by atoms with Crippen LogP contribution in [0.4, 0.5) is 0 Å². The van der Waals surface area contributed by atoms with Crippen molar-refractivity contribution < 1.29 is 14.3 Å². The molecule has 0 radical (unpaired) electrons. The summed E-state index contributed by atoms with van der Waals surface area (Å²) < 4.78 is 5.96. The molecule has 1 saturated heterocycles. The lowest BCUT2D eigenvalue weighted by Gasteiger charge is -2.52. The minimum atomic E-state index is -0.246. The van der Waals surface area contributed by atoms with E-state index in [1.165, 1.54) is 11.1 Å².